The minimum absolute atomic E-state index is 0.114. The summed E-state index contributed by atoms with van der Waals surface area (Å²) in [6.07, 6.45) is 13.6. The first kappa shape index (κ1) is 34.1. The summed E-state index contributed by atoms with van der Waals surface area (Å²) in [6.45, 7) is 15.8. The normalized spacial score (nSPS) is 21.9. The Balaban J connectivity index is 1.37. The lowest BCUT2D eigenvalue weighted by molar-refractivity contribution is -0.873. The molecule has 2 aliphatic heterocycles. The number of rotatable bonds is 8. The van der Waals surface area contributed by atoms with Crippen LogP contribution < -0.4 is 9.13 Å². The highest BCUT2D eigenvalue weighted by Crippen LogP contribution is 2.58. The summed E-state index contributed by atoms with van der Waals surface area (Å²) in [4.78, 5) is 0. The summed E-state index contributed by atoms with van der Waals surface area (Å²) in [5.74, 6) is -0.232. The van der Waals surface area contributed by atoms with Gasteiger partial charge in [-0.3, -0.25) is 0 Å². The molecule has 0 saturated heterocycles. The highest BCUT2D eigenvalue weighted by Gasteiger charge is 2.69. The van der Waals surface area contributed by atoms with Crippen LogP contribution in [0.2, 0.25) is 0 Å². The Kier molecular flexibility index (Phi) is 7.14. The molecule has 4 aromatic carbocycles. The minimum atomic E-state index is -0.486. The molecule has 0 spiro atoms. The number of nitrogens with zero attached hydrogens (tertiary/aromatic N) is 2. The van der Waals surface area contributed by atoms with Gasteiger partial charge in [-0.25, -0.2) is 8.78 Å². The first-order chi connectivity index (χ1) is 26.0. The molecule has 0 saturated carbocycles. The van der Waals surface area contributed by atoms with Crippen molar-refractivity contribution in [3.05, 3.63) is 130 Å². The van der Waals surface area contributed by atoms with Gasteiger partial charge >= 0.3 is 0 Å². The third kappa shape index (κ3) is 3.95. The van der Waals surface area contributed by atoms with E-state index in [0.29, 0.717) is 0 Å². The van der Waals surface area contributed by atoms with Crippen LogP contribution in [-0.4, -0.2) is 0 Å². The van der Waals surface area contributed by atoms with E-state index in [1.807, 2.05) is 0 Å². The van der Waals surface area contributed by atoms with Gasteiger partial charge in [0.05, 0.1) is 21.9 Å². The second kappa shape index (κ2) is 11.3. The smallest absolute Gasteiger partial charge is 0.207 e. The number of aromatic nitrogens is 2. The van der Waals surface area contributed by atoms with Gasteiger partial charge in [-0.1, -0.05) is 104 Å². The van der Waals surface area contributed by atoms with Crippen molar-refractivity contribution >= 4 is 21.5 Å². The summed E-state index contributed by atoms with van der Waals surface area (Å²) in [7, 11) is 0. The van der Waals surface area contributed by atoms with Gasteiger partial charge in [-0.05, 0) is 70.0 Å². The number of hydrogen-bond acceptors (Lipinski definition) is 0. The number of hydrogen-bond donors (Lipinski definition) is 0. The van der Waals surface area contributed by atoms with E-state index in [4.69, 9.17) is 0 Å². The monoisotopic (exact) mass is 718 g/mol. The zero-order chi connectivity index (χ0) is 37.5. The first-order valence-corrected chi connectivity index (χ1v) is 20.6. The fourth-order valence-electron chi connectivity index (χ4n) is 12.3. The second-order valence-corrected chi connectivity index (χ2v) is 18.0. The van der Waals surface area contributed by atoms with Gasteiger partial charge in [0.2, 0.25) is 22.5 Å². The summed E-state index contributed by atoms with van der Waals surface area (Å²) >= 11 is 0. The molecule has 2 aliphatic carbocycles. The van der Waals surface area contributed by atoms with Crippen molar-refractivity contribution in [3.63, 3.8) is 0 Å². The van der Waals surface area contributed by atoms with Crippen LogP contribution in [0.4, 0.5) is 8.78 Å². The molecule has 2 nitrogen and oxygen atoms in total. The molecule has 4 heterocycles. The van der Waals surface area contributed by atoms with E-state index >= 15 is 8.78 Å². The molecule has 0 N–H and O–H groups in total. The Bertz CT molecular complexity index is 2610. The van der Waals surface area contributed by atoms with E-state index in [0.717, 1.165) is 80.0 Å². The maximum absolute atomic E-state index is 16.5. The van der Waals surface area contributed by atoms with E-state index < -0.39 is 21.9 Å². The predicted octanol–water partition coefficient (Wildman–Crippen LogP) is 11.6. The second-order valence-electron chi connectivity index (χ2n) is 18.0. The largest absolute Gasteiger partial charge is 0.236 e. The maximum atomic E-state index is 16.5. The average molecular weight is 719 g/mol. The van der Waals surface area contributed by atoms with Gasteiger partial charge in [-0.2, -0.15) is 9.13 Å². The highest BCUT2D eigenvalue weighted by atomic mass is 19.1. The molecule has 54 heavy (non-hydrogen) atoms. The molecule has 4 heteroatoms. The fraction of sp³-hybridized carbons (Fsp3) is 0.400. The van der Waals surface area contributed by atoms with E-state index in [-0.39, 0.29) is 11.6 Å². The number of aryl methyl sites for hydroxylation is 1. The molecule has 0 amide bonds. The number of unbranched alkanes of at least 4 members (excludes halogenated alkanes) is 2. The van der Waals surface area contributed by atoms with E-state index in [2.05, 4.69) is 125 Å². The zero-order valence-corrected chi connectivity index (χ0v) is 33.0. The van der Waals surface area contributed by atoms with Crippen LogP contribution in [0.3, 0.4) is 0 Å². The lowest BCUT2D eigenvalue weighted by Gasteiger charge is -2.49. The Morgan fingerprint density at radius 2 is 1.20 bits per heavy atom. The summed E-state index contributed by atoms with van der Waals surface area (Å²) < 4.78 is 38.2. The molecule has 0 bridgehead atoms. The van der Waals surface area contributed by atoms with Crippen LogP contribution in [0.25, 0.3) is 44.1 Å². The number of benzene rings is 4. The third-order valence-corrected chi connectivity index (χ3v) is 14.8. The highest BCUT2D eigenvalue weighted by molar-refractivity contribution is 6.03. The molecule has 2 unspecified atom stereocenters. The van der Waals surface area contributed by atoms with Gasteiger partial charge in [0.1, 0.15) is 11.6 Å². The van der Waals surface area contributed by atoms with Crippen molar-refractivity contribution in [3.8, 4) is 22.5 Å². The van der Waals surface area contributed by atoms with Crippen molar-refractivity contribution in [2.45, 2.75) is 128 Å². The third-order valence-electron chi connectivity index (χ3n) is 14.8. The number of pyridine rings is 2. The summed E-state index contributed by atoms with van der Waals surface area (Å²) in [5, 5.41) is 5.07. The molecule has 2 atom stereocenters. The van der Waals surface area contributed by atoms with Gasteiger partial charge < -0.3 is 0 Å². The molecule has 2 aromatic heterocycles. The molecule has 10 rings (SSSR count). The maximum Gasteiger partial charge on any atom is 0.236 e. The van der Waals surface area contributed by atoms with E-state index in [1.54, 1.807) is 12.1 Å². The van der Waals surface area contributed by atoms with E-state index in [1.165, 1.54) is 60.8 Å². The van der Waals surface area contributed by atoms with Crippen LogP contribution in [0.1, 0.15) is 126 Å². The Morgan fingerprint density at radius 1 is 0.611 bits per heavy atom. The van der Waals surface area contributed by atoms with Crippen LogP contribution in [0.15, 0.2) is 79.1 Å². The lowest BCUT2D eigenvalue weighted by atomic mass is 9.58. The van der Waals surface area contributed by atoms with Gasteiger partial charge in [0, 0.05) is 59.8 Å². The zero-order valence-electron chi connectivity index (χ0n) is 33.0. The summed E-state index contributed by atoms with van der Waals surface area (Å²) in [5.41, 5.74) is 10.7. The molecular formula is C50H52F2N2+2. The fourth-order valence-corrected chi connectivity index (χ4v) is 12.3. The van der Waals surface area contributed by atoms with Crippen LogP contribution in [-0.2, 0) is 41.2 Å². The van der Waals surface area contributed by atoms with Gasteiger partial charge in [0.15, 0.2) is 12.4 Å². The van der Waals surface area contributed by atoms with Crippen molar-refractivity contribution < 1.29 is 17.9 Å². The van der Waals surface area contributed by atoms with Crippen molar-refractivity contribution in [1.82, 2.24) is 0 Å². The van der Waals surface area contributed by atoms with Crippen molar-refractivity contribution in [1.29, 1.82) is 0 Å². The first-order valence-electron chi connectivity index (χ1n) is 20.6. The SMILES string of the molecule is CCCCc1ccc2c3c4[n+](ccc13)C(CC)(C1(CCCC)Cc3ccc(F)c5c3-c3c6c(cccc6cc[n+]31)C5(C)C)Cc1ccc(F)c(c1-4)C2(C)C. The topological polar surface area (TPSA) is 7.76 Å². The molecule has 0 fully saturated rings. The average Bonchev–Trinajstić information content (AvgIpc) is 3.16. The Hall–Kier alpha value is -4.44. The Labute approximate surface area is 318 Å². The van der Waals surface area contributed by atoms with Gasteiger partial charge in [0.25, 0.3) is 0 Å². The Morgan fingerprint density at radius 3 is 1.85 bits per heavy atom. The molecule has 6 aromatic rings. The molecular weight excluding hydrogens is 667 g/mol. The minimum Gasteiger partial charge on any atom is -0.207 e. The van der Waals surface area contributed by atoms with Crippen LogP contribution in [0, 0.1) is 11.6 Å². The van der Waals surface area contributed by atoms with Crippen LogP contribution >= 0.6 is 0 Å². The number of halogens is 2. The quantitative estimate of drug-likeness (QED) is 0.138. The molecule has 274 valence electrons. The summed E-state index contributed by atoms with van der Waals surface area (Å²) in [6, 6.07) is 23.7. The lowest BCUT2D eigenvalue weighted by Crippen LogP contribution is -2.81. The van der Waals surface area contributed by atoms with Crippen molar-refractivity contribution in [2.24, 2.45) is 0 Å². The van der Waals surface area contributed by atoms with E-state index in [9.17, 15) is 0 Å². The standard InChI is InChI=1S/C50H52F2N2/c1-8-11-14-30-17-20-36-42-34(30)24-27-53-46(42)41-32(18-21-38(52)44(41)48(36,6)7)28-49(53,10-3)50(25-12-9-2)29-33-19-22-37(51)43-40(33)45-39-31(23-26-54(45)50)15-13-16-35(39)47(43,4)5/h13,15-24,26-27H,8-12,14,25,28-29H2,1-7H3/q+2. The molecule has 4 aliphatic rings. The predicted molar refractivity (Wildman–Crippen MR) is 215 cm³/mol. The van der Waals surface area contributed by atoms with Crippen LogP contribution in [0.5, 0.6) is 0 Å². The molecule has 0 radical (unpaired) electrons. The van der Waals surface area contributed by atoms with Gasteiger partial charge in [-0.15, -0.1) is 0 Å². The van der Waals surface area contributed by atoms with Crippen molar-refractivity contribution in [2.75, 3.05) is 0 Å².